The highest BCUT2D eigenvalue weighted by Crippen LogP contribution is 2.10. The number of carbonyl (C=O) groups is 1. The van der Waals surface area contributed by atoms with Gasteiger partial charge in [-0.15, -0.1) is 24.0 Å². The van der Waals surface area contributed by atoms with Crippen LogP contribution in [0.5, 0.6) is 0 Å². The summed E-state index contributed by atoms with van der Waals surface area (Å²) < 4.78 is 13.1. The van der Waals surface area contributed by atoms with Gasteiger partial charge in [-0.2, -0.15) is 0 Å². The topological polar surface area (TPSA) is 77.0 Å². The molecule has 0 radical (unpaired) electrons. The average Bonchev–Trinajstić information content (AvgIpc) is 2.78. The molecule has 1 aliphatic heterocycles. The molecule has 3 rings (SSSR count). The number of hydrogen-bond acceptors (Lipinski definition) is 5. The van der Waals surface area contributed by atoms with Crippen molar-refractivity contribution >= 4 is 41.8 Å². The molecule has 0 spiro atoms. The number of hydrogen-bond donors (Lipinski definition) is 1. The van der Waals surface area contributed by atoms with E-state index in [1.54, 1.807) is 37.6 Å². The van der Waals surface area contributed by atoms with E-state index in [1.165, 1.54) is 12.1 Å². The molecule has 2 heterocycles. The maximum atomic E-state index is 13.1. The largest absolute Gasteiger partial charge is 0.356 e. The first kappa shape index (κ1) is 24.8. The number of amides is 1. The second kappa shape index (κ2) is 12.4. The second-order valence-electron chi connectivity index (χ2n) is 7.12. The van der Waals surface area contributed by atoms with Crippen LogP contribution in [-0.2, 0) is 11.3 Å². The van der Waals surface area contributed by atoms with Gasteiger partial charge in [0.2, 0.25) is 11.9 Å². The maximum absolute atomic E-state index is 13.1. The molecule has 1 fully saturated rings. The van der Waals surface area contributed by atoms with Crippen LogP contribution in [0.1, 0.15) is 12.0 Å². The molecule has 10 heteroatoms. The Bertz CT molecular complexity index is 843. The molecular formula is C21H29FIN7O. The van der Waals surface area contributed by atoms with E-state index in [2.05, 4.69) is 25.2 Å². The number of piperazine rings is 1. The summed E-state index contributed by atoms with van der Waals surface area (Å²) in [4.78, 5) is 31.3. The van der Waals surface area contributed by atoms with Crippen molar-refractivity contribution in [1.82, 2.24) is 25.1 Å². The van der Waals surface area contributed by atoms with Gasteiger partial charge < -0.3 is 20.0 Å². The molecular weight excluding hydrogens is 512 g/mol. The fourth-order valence-electron chi connectivity index (χ4n) is 3.37. The number of nitrogens with one attached hydrogen (secondary N) is 1. The normalized spacial score (nSPS) is 14.1. The number of aliphatic imine (C=N–C) groups is 1. The van der Waals surface area contributed by atoms with Gasteiger partial charge in [-0.05, 0) is 23.8 Å². The van der Waals surface area contributed by atoms with Crippen LogP contribution in [-0.4, -0.2) is 78.5 Å². The molecule has 0 bridgehead atoms. The van der Waals surface area contributed by atoms with Crippen molar-refractivity contribution in [3.8, 4) is 0 Å². The second-order valence-corrected chi connectivity index (χ2v) is 7.12. The fraction of sp³-hybridized carbons (Fsp3) is 0.429. The predicted octanol–water partition coefficient (Wildman–Crippen LogP) is 1.98. The van der Waals surface area contributed by atoms with E-state index in [9.17, 15) is 9.18 Å². The lowest BCUT2D eigenvalue weighted by Gasteiger charge is -2.34. The molecule has 1 saturated heterocycles. The summed E-state index contributed by atoms with van der Waals surface area (Å²) in [5.41, 5.74) is 0.984. The van der Waals surface area contributed by atoms with Crippen LogP contribution in [0.2, 0.25) is 0 Å². The number of benzene rings is 1. The van der Waals surface area contributed by atoms with Gasteiger partial charge in [0.25, 0.3) is 0 Å². The average molecular weight is 541 g/mol. The molecule has 2 aromatic rings. The summed E-state index contributed by atoms with van der Waals surface area (Å²) in [5.74, 6) is 1.27. The lowest BCUT2D eigenvalue weighted by molar-refractivity contribution is -0.131. The van der Waals surface area contributed by atoms with Crippen LogP contribution in [0.3, 0.4) is 0 Å². The Morgan fingerprint density at radius 3 is 2.42 bits per heavy atom. The summed E-state index contributed by atoms with van der Waals surface area (Å²) in [6, 6.07) is 8.19. The lowest BCUT2D eigenvalue weighted by atomic mass is 10.2. The quantitative estimate of drug-likeness (QED) is 0.343. The van der Waals surface area contributed by atoms with Gasteiger partial charge in [0.15, 0.2) is 5.96 Å². The van der Waals surface area contributed by atoms with Gasteiger partial charge in [-0.3, -0.25) is 9.79 Å². The summed E-state index contributed by atoms with van der Waals surface area (Å²) in [6.07, 6.45) is 3.85. The van der Waals surface area contributed by atoms with Gasteiger partial charge in [0.05, 0.1) is 0 Å². The zero-order valence-corrected chi connectivity index (χ0v) is 20.2. The van der Waals surface area contributed by atoms with Crippen molar-refractivity contribution < 1.29 is 9.18 Å². The number of halogens is 2. The molecule has 1 aliphatic rings. The number of rotatable bonds is 6. The van der Waals surface area contributed by atoms with E-state index in [4.69, 9.17) is 0 Å². The summed E-state index contributed by atoms with van der Waals surface area (Å²) in [7, 11) is 3.61. The van der Waals surface area contributed by atoms with Crippen molar-refractivity contribution in [3.05, 3.63) is 54.1 Å². The predicted molar refractivity (Wildman–Crippen MR) is 130 cm³/mol. The summed E-state index contributed by atoms with van der Waals surface area (Å²) in [6.45, 7) is 3.88. The first-order valence-corrected chi connectivity index (χ1v) is 10.0. The molecule has 1 aromatic carbocycles. The number of anilines is 1. The Morgan fingerprint density at radius 1 is 1.16 bits per heavy atom. The molecule has 0 atom stereocenters. The molecule has 0 unspecified atom stereocenters. The zero-order valence-electron chi connectivity index (χ0n) is 17.9. The molecule has 31 heavy (non-hydrogen) atoms. The van der Waals surface area contributed by atoms with Crippen molar-refractivity contribution in [2.75, 3.05) is 51.7 Å². The van der Waals surface area contributed by atoms with Gasteiger partial charge in [-0.1, -0.05) is 12.1 Å². The van der Waals surface area contributed by atoms with Crippen molar-refractivity contribution in [2.24, 2.45) is 4.99 Å². The highest BCUT2D eigenvalue weighted by atomic mass is 127. The van der Waals surface area contributed by atoms with Gasteiger partial charge in [0, 0.05) is 72.2 Å². The van der Waals surface area contributed by atoms with E-state index >= 15 is 0 Å². The Morgan fingerprint density at radius 2 is 1.81 bits per heavy atom. The van der Waals surface area contributed by atoms with Crippen LogP contribution < -0.4 is 10.2 Å². The van der Waals surface area contributed by atoms with Crippen LogP contribution >= 0.6 is 24.0 Å². The minimum absolute atomic E-state index is 0. The Kier molecular flexibility index (Phi) is 9.89. The van der Waals surface area contributed by atoms with Crippen LogP contribution in [0.4, 0.5) is 10.3 Å². The summed E-state index contributed by atoms with van der Waals surface area (Å²) >= 11 is 0. The molecule has 168 valence electrons. The Hall–Kier alpha value is -2.50. The third-order valence-corrected chi connectivity index (χ3v) is 5.00. The van der Waals surface area contributed by atoms with Gasteiger partial charge >= 0.3 is 0 Å². The fourth-order valence-corrected chi connectivity index (χ4v) is 3.37. The van der Waals surface area contributed by atoms with E-state index in [-0.39, 0.29) is 35.7 Å². The summed E-state index contributed by atoms with van der Waals surface area (Å²) in [5, 5.41) is 3.23. The smallest absolute Gasteiger partial charge is 0.225 e. The van der Waals surface area contributed by atoms with Gasteiger partial charge in [0.1, 0.15) is 5.82 Å². The molecule has 1 N–H and O–H groups in total. The molecule has 0 saturated carbocycles. The Labute approximate surface area is 199 Å². The van der Waals surface area contributed by atoms with Crippen molar-refractivity contribution in [2.45, 2.75) is 13.0 Å². The number of nitrogens with zero attached hydrogens (tertiary/aromatic N) is 6. The van der Waals surface area contributed by atoms with Crippen molar-refractivity contribution in [1.29, 1.82) is 0 Å². The molecule has 0 aliphatic carbocycles. The van der Waals surface area contributed by atoms with Gasteiger partial charge in [-0.25, -0.2) is 14.4 Å². The lowest BCUT2D eigenvalue weighted by Crippen LogP contribution is -2.50. The standard InChI is InChI=1S/C21H28FN7O.HI/c1-23-20(27(2)16-17-4-6-18(22)7-5-17)26-11-8-19(30)28-12-14-29(15-13-28)21-24-9-3-10-25-21;/h3-7,9-10H,8,11-16H2,1-2H3,(H,23,26);1H. The van der Waals surface area contributed by atoms with Crippen LogP contribution in [0.25, 0.3) is 0 Å². The number of aromatic nitrogens is 2. The van der Waals surface area contributed by atoms with Crippen LogP contribution in [0.15, 0.2) is 47.7 Å². The SMILES string of the molecule is CN=C(NCCC(=O)N1CCN(c2ncccn2)CC1)N(C)Cc1ccc(F)cc1.I. The zero-order chi connectivity index (χ0) is 21.3. The minimum Gasteiger partial charge on any atom is -0.356 e. The minimum atomic E-state index is -0.250. The third kappa shape index (κ3) is 7.30. The Balaban J connectivity index is 0.00000341. The molecule has 1 aromatic heterocycles. The van der Waals surface area contributed by atoms with E-state index in [0.717, 1.165) is 18.7 Å². The van der Waals surface area contributed by atoms with E-state index in [1.807, 2.05) is 16.8 Å². The third-order valence-electron chi connectivity index (χ3n) is 5.00. The monoisotopic (exact) mass is 541 g/mol. The maximum Gasteiger partial charge on any atom is 0.225 e. The number of carbonyl (C=O) groups excluding carboxylic acids is 1. The number of guanidine groups is 1. The highest BCUT2D eigenvalue weighted by molar-refractivity contribution is 14.0. The molecule has 8 nitrogen and oxygen atoms in total. The van der Waals surface area contributed by atoms with E-state index < -0.39 is 0 Å². The first-order valence-electron chi connectivity index (χ1n) is 10.0. The molecule has 1 amide bonds. The van der Waals surface area contributed by atoms with Crippen molar-refractivity contribution in [3.63, 3.8) is 0 Å². The van der Waals surface area contributed by atoms with Crippen LogP contribution in [0, 0.1) is 5.82 Å². The first-order chi connectivity index (χ1) is 14.6. The highest BCUT2D eigenvalue weighted by Gasteiger charge is 2.22. The van der Waals surface area contributed by atoms with E-state index in [0.29, 0.717) is 44.5 Å².